The normalized spacial score (nSPS) is 14.4. The molecule has 0 spiro atoms. The van der Waals surface area contributed by atoms with Crippen LogP contribution in [0.5, 0.6) is 0 Å². The predicted octanol–water partition coefficient (Wildman–Crippen LogP) is 3.40. The first-order chi connectivity index (χ1) is 13.7. The Hall–Kier alpha value is -3.03. The van der Waals surface area contributed by atoms with E-state index >= 15 is 0 Å². The van der Waals surface area contributed by atoms with Gasteiger partial charge in [-0.2, -0.15) is 0 Å². The van der Waals surface area contributed by atoms with E-state index in [-0.39, 0.29) is 11.6 Å². The lowest BCUT2D eigenvalue weighted by atomic mass is 10.0. The SMILES string of the molecule is Cc1nc(C)c(C(C)C)c(N2CCN(C(=O)c3ccc(C)c([N+](=O)[O-])c3)CC2)n1. The minimum absolute atomic E-state index is 0.0250. The van der Waals surface area contributed by atoms with E-state index in [1.54, 1.807) is 24.0 Å². The van der Waals surface area contributed by atoms with Gasteiger partial charge in [-0.15, -0.1) is 0 Å². The van der Waals surface area contributed by atoms with Crippen LogP contribution in [0.1, 0.15) is 52.8 Å². The summed E-state index contributed by atoms with van der Waals surface area (Å²) in [5.74, 6) is 1.82. The molecule has 8 heteroatoms. The van der Waals surface area contributed by atoms with Gasteiger partial charge in [0.05, 0.1) is 4.92 Å². The molecule has 2 heterocycles. The second-order valence-electron chi connectivity index (χ2n) is 7.79. The molecule has 0 N–H and O–H groups in total. The van der Waals surface area contributed by atoms with Gasteiger partial charge >= 0.3 is 0 Å². The smallest absolute Gasteiger partial charge is 0.273 e. The summed E-state index contributed by atoms with van der Waals surface area (Å²) in [6.07, 6.45) is 0. The summed E-state index contributed by atoms with van der Waals surface area (Å²) in [6, 6.07) is 4.66. The van der Waals surface area contributed by atoms with Gasteiger partial charge in [0.1, 0.15) is 11.6 Å². The largest absolute Gasteiger partial charge is 0.353 e. The van der Waals surface area contributed by atoms with Gasteiger partial charge < -0.3 is 9.80 Å². The Morgan fingerprint density at radius 1 is 1.10 bits per heavy atom. The number of piperazine rings is 1. The van der Waals surface area contributed by atoms with Crippen LogP contribution < -0.4 is 4.90 Å². The Balaban J connectivity index is 1.77. The van der Waals surface area contributed by atoms with E-state index in [0.717, 1.165) is 22.9 Å². The van der Waals surface area contributed by atoms with Crippen molar-refractivity contribution in [2.24, 2.45) is 0 Å². The van der Waals surface area contributed by atoms with E-state index in [9.17, 15) is 14.9 Å². The number of benzene rings is 1. The fraction of sp³-hybridized carbons (Fsp3) is 0.476. The highest BCUT2D eigenvalue weighted by atomic mass is 16.6. The molecule has 1 aliphatic rings. The molecule has 1 saturated heterocycles. The molecule has 29 heavy (non-hydrogen) atoms. The lowest BCUT2D eigenvalue weighted by Crippen LogP contribution is -2.49. The summed E-state index contributed by atoms with van der Waals surface area (Å²) in [7, 11) is 0. The van der Waals surface area contributed by atoms with Crippen LogP contribution in [0.25, 0.3) is 0 Å². The van der Waals surface area contributed by atoms with Crippen LogP contribution in [0.2, 0.25) is 0 Å². The number of nitrogens with zero attached hydrogens (tertiary/aromatic N) is 5. The van der Waals surface area contributed by atoms with Crippen molar-refractivity contribution < 1.29 is 9.72 Å². The van der Waals surface area contributed by atoms with Crippen LogP contribution in [-0.4, -0.2) is 51.9 Å². The van der Waals surface area contributed by atoms with Crippen LogP contribution in [0.15, 0.2) is 18.2 Å². The second kappa shape index (κ2) is 8.14. The zero-order chi connectivity index (χ0) is 21.3. The van der Waals surface area contributed by atoms with Crippen LogP contribution in [0.4, 0.5) is 11.5 Å². The molecule has 1 aromatic carbocycles. The maximum Gasteiger partial charge on any atom is 0.273 e. The molecule has 3 rings (SSSR count). The molecule has 1 aliphatic heterocycles. The van der Waals surface area contributed by atoms with Gasteiger partial charge in [0.2, 0.25) is 0 Å². The maximum atomic E-state index is 12.9. The van der Waals surface area contributed by atoms with Gasteiger partial charge in [0.25, 0.3) is 11.6 Å². The predicted molar refractivity (Wildman–Crippen MR) is 112 cm³/mol. The van der Waals surface area contributed by atoms with Gasteiger partial charge in [-0.25, -0.2) is 9.97 Å². The molecule has 2 aromatic rings. The minimum atomic E-state index is -0.447. The molecule has 1 amide bonds. The van der Waals surface area contributed by atoms with Gasteiger partial charge in [-0.3, -0.25) is 14.9 Å². The van der Waals surface area contributed by atoms with Crippen molar-refractivity contribution in [2.45, 2.75) is 40.5 Å². The topological polar surface area (TPSA) is 92.5 Å². The molecular weight excluding hydrogens is 370 g/mol. The lowest BCUT2D eigenvalue weighted by Gasteiger charge is -2.37. The third kappa shape index (κ3) is 4.21. The summed E-state index contributed by atoms with van der Waals surface area (Å²) in [4.78, 5) is 36.7. The zero-order valence-corrected chi connectivity index (χ0v) is 17.6. The molecule has 154 valence electrons. The third-order valence-electron chi connectivity index (χ3n) is 5.32. The Morgan fingerprint density at radius 2 is 1.76 bits per heavy atom. The number of amides is 1. The van der Waals surface area contributed by atoms with E-state index in [1.807, 2.05) is 13.8 Å². The van der Waals surface area contributed by atoms with E-state index in [1.165, 1.54) is 6.07 Å². The van der Waals surface area contributed by atoms with E-state index in [4.69, 9.17) is 0 Å². The fourth-order valence-corrected chi connectivity index (χ4v) is 3.86. The molecule has 8 nitrogen and oxygen atoms in total. The quantitative estimate of drug-likeness (QED) is 0.580. The minimum Gasteiger partial charge on any atom is -0.353 e. The third-order valence-corrected chi connectivity index (χ3v) is 5.32. The summed E-state index contributed by atoms with van der Waals surface area (Å²) in [5.41, 5.74) is 3.01. The zero-order valence-electron chi connectivity index (χ0n) is 17.6. The van der Waals surface area contributed by atoms with Crippen LogP contribution in [0.3, 0.4) is 0 Å². The van der Waals surface area contributed by atoms with Crippen LogP contribution in [-0.2, 0) is 0 Å². The maximum absolute atomic E-state index is 12.9. The van der Waals surface area contributed by atoms with Crippen molar-refractivity contribution >= 4 is 17.4 Å². The number of hydrogen-bond donors (Lipinski definition) is 0. The molecule has 0 saturated carbocycles. The summed E-state index contributed by atoms with van der Waals surface area (Å²) >= 11 is 0. The Morgan fingerprint density at radius 3 is 2.34 bits per heavy atom. The average molecular weight is 397 g/mol. The van der Waals surface area contributed by atoms with Crippen molar-refractivity contribution in [1.82, 2.24) is 14.9 Å². The lowest BCUT2D eigenvalue weighted by molar-refractivity contribution is -0.385. The molecule has 0 radical (unpaired) electrons. The Bertz CT molecular complexity index is 950. The van der Waals surface area contributed by atoms with Crippen molar-refractivity contribution in [1.29, 1.82) is 0 Å². The van der Waals surface area contributed by atoms with E-state index in [2.05, 4.69) is 28.7 Å². The highest BCUT2D eigenvalue weighted by molar-refractivity contribution is 5.95. The van der Waals surface area contributed by atoms with Crippen molar-refractivity contribution in [3.8, 4) is 0 Å². The summed E-state index contributed by atoms with van der Waals surface area (Å²) in [5, 5.41) is 11.2. The summed E-state index contributed by atoms with van der Waals surface area (Å²) in [6.45, 7) is 12.2. The van der Waals surface area contributed by atoms with Gasteiger partial charge in [0.15, 0.2) is 0 Å². The molecule has 1 aromatic heterocycles. The Kier molecular flexibility index (Phi) is 5.81. The fourth-order valence-electron chi connectivity index (χ4n) is 3.86. The average Bonchev–Trinajstić information content (AvgIpc) is 2.66. The van der Waals surface area contributed by atoms with Crippen molar-refractivity contribution in [3.63, 3.8) is 0 Å². The molecule has 1 fully saturated rings. The summed E-state index contributed by atoms with van der Waals surface area (Å²) < 4.78 is 0. The number of aromatic nitrogens is 2. The number of nitro groups is 1. The highest BCUT2D eigenvalue weighted by Crippen LogP contribution is 2.29. The second-order valence-corrected chi connectivity index (χ2v) is 7.79. The number of carbonyl (C=O) groups excluding carboxylic acids is 1. The van der Waals surface area contributed by atoms with Crippen LogP contribution in [0, 0.1) is 30.9 Å². The van der Waals surface area contributed by atoms with E-state index in [0.29, 0.717) is 43.2 Å². The number of rotatable bonds is 4. The first-order valence-corrected chi connectivity index (χ1v) is 9.83. The molecular formula is C21H27N5O3. The van der Waals surface area contributed by atoms with Crippen molar-refractivity contribution in [2.75, 3.05) is 31.1 Å². The van der Waals surface area contributed by atoms with Crippen LogP contribution >= 0.6 is 0 Å². The first-order valence-electron chi connectivity index (χ1n) is 9.83. The standard InChI is InChI=1S/C21H27N5O3/c1-13(2)19-15(4)22-16(5)23-20(19)24-8-10-25(11-9-24)21(27)17-7-6-14(3)18(12-17)26(28)29/h6-7,12-13H,8-11H2,1-5H3. The Labute approximate surface area is 170 Å². The molecule has 0 unspecified atom stereocenters. The van der Waals surface area contributed by atoms with E-state index < -0.39 is 4.92 Å². The van der Waals surface area contributed by atoms with Gasteiger partial charge in [0, 0.05) is 54.6 Å². The number of nitro benzene ring substituents is 1. The molecule has 0 aliphatic carbocycles. The number of carbonyl (C=O) groups is 1. The molecule has 0 atom stereocenters. The highest BCUT2D eigenvalue weighted by Gasteiger charge is 2.27. The van der Waals surface area contributed by atoms with Crippen molar-refractivity contribution in [3.05, 3.63) is 56.5 Å². The van der Waals surface area contributed by atoms with Gasteiger partial charge in [-0.05, 0) is 32.8 Å². The van der Waals surface area contributed by atoms with Gasteiger partial charge in [-0.1, -0.05) is 19.9 Å². The first kappa shape index (κ1) is 20.7. The molecule has 0 bridgehead atoms. The monoisotopic (exact) mass is 397 g/mol. The number of hydrogen-bond acceptors (Lipinski definition) is 6. The number of anilines is 1. The number of aryl methyl sites for hydroxylation is 3.